The molecule has 0 saturated heterocycles. The van der Waals surface area contributed by atoms with Crippen molar-refractivity contribution in [1.29, 1.82) is 0 Å². The van der Waals surface area contributed by atoms with Crippen molar-refractivity contribution >= 4 is 11.3 Å². The summed E-state index contributed by atoms with van der Waals surface area (Å²) in [4.78, 5) is 28.3. The van der Waals surface area contributed by atoms with Crippen molar-refractivity contribution in [2.24, 2.45) is 0 Å². The summed E-state index contributed by atoms with van der Waals surface area (Å²) in [6.07, 6.45) is 5.08. The third-order valence-electron chi connectivity index (χ3n) is 4.05. The van der Waals surface area contributed by atoms with Crippen molar-refractivity contribution in [3.8, 4) is 11.3 Å². The molecule has 0 bridgehead atoms. The van der Waals surface area contributed by atoms with Crippen LogP contribution in [0.2, 0.25) is 0 Å². The summed E-state index contributed by atoms with van der Waals surface area (Å²) in [6, 6.07) is 13.5. The lowest BCUT2D eigenvalue weighted by Gasteiger charge is -2.13. The van der Waals surface area contributed by atoms with Gasteiger partial charge in [0.15, 0.2) is 11.3 Å². The Hall–Kier alpha value is -3.28. The van der Waals surface area contributed by atoms with Crippen LogP contribution in [0.1, 0.15) is 18.5 Å². The zero-order valence-corrected chi connectivity index (χ0v) is 13.0. The molecule has 0 unspecified atom stereocenters. The highest BCUT2D eigenvalue weighted by Crippen LogP contribution is 2.21. The molecule has 3 aromatic heterocycles. The molecule has 3 heterocycles. The Morgan fingerprint density at radius 1 is 1.08 bits per heavy atom. The van der Waals surface area contributed by atoms with Crippen LogP contribution in [0, 0.1) is 0 Å². The molecule has 24 heavy (non-hydrogen) atoms. The van der Waals surface area contributed by atoms with Gasteiger partial charge < -0.3 is 0 Å². The number of imidazole rings is 1. The normalized spacial score (nSPS) is 12.4. The maximum Gasteiger partial charge on any atom is 0.329 e. The minimum Gasteiger partial charge on any atom is -0.289 e. The zero-order chi connectivity index (χ0) is 16.5. The number of aromatic amines is 1. The minimum absolute atomic E-state index is 0.147. The first-order valence-corrected chi connectivity index (χ1v) is 7.66. The maximum absolute atomic E-state index is 12.4. The van der Waals surface area contributed by atoms with Crippen LogP contribution in [0.4, 0.5) is 0 Å². The van der Waals surface area contributed by atoms with Crippen LogP contribution in [0.25, 0.3) is 22.6 Å². The Bertz CT molecular complexity index is 1040. The SMILES string of the molecule is C[C@@H](c1ccccc1)n1c(=O)[nH]c2ncc(-c3cccnc3)nc21. The first kappa shape index (κ1) is 14.3. The Balaban J connectivity index is 1.89. The van der Waals surface area contributed by atoms with Gasteiger partial charge in [0.2, 0.25) is 0 Å². The molecule has 6 heteroatoms. The summed E-state index contributed by atoms with van der Waals surface area (Å²) in [5.41, 5.74) is 3.38. The smallest absolute Gasteiger partial charge is 0.289 e. The third-order valence-corrected chi connectivity index (χ3v) is 4.05. The summed E-state index contributed by atoms with van der Waals surface area (Å²) >= 11 is 0. The lowest BCUT2D eigenvalue weighted by molar-refractivity contribution is 0.630. The Morgan fingerprint density at radius 2 is 1.92 bits per heavy atom. The molecular weight excluding hydrogens is 302 g/mol. The van der Waals surface area contributed by atoms with Gasteiger partial charge in [-0.1, -0.05) is 30.3 Å². The van der Waals surface area contributed by atoms with Gasteiger partial charge in [0, 0.05) is 18.0 Å². The van der Waals surface area contributed by atoms with Crippen molar-refractivity contribution in [2.45, 2.75) is 13.0 Å². The Labute approximate surface area is 137 Å². The van der Waals surface area contributed by atoms with Crippen molar-refractivity contribution < 1.29 is 0 Å². The van der Waals surface area contributed by atoms with Crippen molar-refractivity contribution in [3.05, 3.63) is 77.1 Å². The fourth-order valence-electron chi connectivity index (χ4n) is 2.79. The predicted octanol–water partition coefficient (Wildman–Crippen LogP) is 2.79. The summed E-state index contributed by atoms with van der Waals surface area (Å²) in [6.45, 7) is 1.97. The van der Waals surface area contributed by atoms with E-state index < -0.39 is 0 Å². The fraction of sp³-hybridized carbons (Fsp3) is 0.111. The third kappa shape index (κ3) is 2.38. The molecule has 0 radical (unpaired) electrons. The number of nitrogens with one attached hydrogen (secondary N) is 1. The van der Waals surface area contributed by atoms with Gasteiger partial charge >= 0.3 is 5.69 Å². The van der Waals surface area contributed by atoms with Crippen molar-refractivity contribution in [1.82, 2.24) is 24.5 Å². The molecule has 6 nitrogen and oxygen atoms in total. The second-order valence-corrected chi connectivity index (χ2v) is 5.56. The molecule has 1 aromatic carbocycles. The topological polar surface area (TPSA) is 76.5 Å². The molecule has 0 fully saturated rings. The molecule has 0 saturated carbocycles. The van der Waals surface area contributed by atoms with Gasteiger partial charge in [-0.2, -0.15) is 0 Å². The summed E-state index contributed by atoms with van der Waals surface area (Å²) in [7, 11) is 0. The molecule has 118 valence electrons. The van der Waals surface area contributed by atoms with Gasteiger partial charge in [0.1, 0.15) is 0 Å². The molecule has 0 aliphatic carbocycles. The van der Waals surface area contributed by atoms with Crippen molar-refractivity contribution in [2.75, 3.05) is 0 Å². The molecular formula is C18H15N5O. The monoisotopic (exact) mass is 317 g/mol. The zero-order valence-electron chi connectivity index (χ0n) is 13.0. The van der Waals surface area contributed by atoms with E-state index in [2.05, 4.69) is 19.9 Å². The lowest BCUT2D eigenvalue weighted by Crippen LogP contribution is -2.21. The molecule has 1 N–H and O–H groups in total. The van der Waals surface area contributed by atoms with E-state index in [1.165, 1.54) is 0 Å². The van der Waals surface area contributed by atoms with E-state index >= 15 is 0 Å². The van der Waals surface area contributed by atoms with Crippen LogP contribution >= 0.6 is 0 Å². The van der Waals surface area contributed by atoms with Crippen LogP contribution in [-0.2, 0) is 0 Å². The number of pyridine rings is 1. The van der Waals surface area contributed by atoms with Gasteiger partial charge in [-0.25, -0.2) is 14.8 Å². The molecule has 0 spiro atoms. The van der Waals surface area contributed by atoms with Crippen LogP contribution in [0.3, 0.4) is 0 Å². The largest absolute Gasteiger partial charge is 0.329 e. The number of rotatable bonds is 3. The van der Waals surface area contributed by atoms with E-state index in [1.54, 1.807) is 23.2 Å². The van der Waals surface area contributed by atoms with Crippen LogP contribution in [0.15, 0.2) is 65.8 Å². The second-order valence-electron chi connectivity index (χ2n) is 5.56. The first-order chi connectivity index (χ1) is 11.7. The standard InChI is InChI=1S/C18H15N5O/c1-12(13-6-3-2-4-7-13)23-17-16(22-18(23)24)20-11-15(21-17)14-8-5-9-19-10-14/h2-12H,1H3,(H,20,22,24)/t12-/m0/s1. The van der Waals surface area contributed by atoms with Crippen molar-refractivity contribution in [3.63, 3.8) is 0 Å². The number of benzene rings is 1. The number of H-pyrrole nitrogens is 1. The summed E-state index contributed by atoms with van der Waals surface area (Å²) in [5, 5.41) is 0. The minimum atomic E-state index is -0.218. The number of hydrogen-bond acceptors (Lipinski definition) is 4. The lowest BCUT2D eigenvalue weighted by atomic mass is 10.1. The van der Waals surface area contributed by atoms with E-state index in [0.717, 1.165) is 11.1 Å². The highest BCUT2D eigenvalue weighted by atomic mass is 16.1. The number of fused-ring (bicyclic) bond motifs is 1. The van der Waals surface area contributed by atoms with Gasteiger partial charge in [0.05, 0.1) is 17.9 Å². The van der Waals surface area contributed by atoms with Gasteiger partial charge in [0.25, 0.3) is 0 Å². The molecule has 4 aromatic rings. The van der Waals surface area contributed by atoms with Crippen LogP contribution < -0.4 is 5.69 Å². The molecule has 4 rings (SSSR count). The number of nitrogens with zero attached hydrogens (tertiary/aromatic N) is 4. The Morgan fingerprint density at radius 3 is 2.67 bits per heavy atom. The quantitative estimate of drug-likeness (QED) is 0.630. The predicted molar refractivity (Wildman–Crippen MR) is 91.6 cm³/mol. The summed E-state index contributed by atoms with van der Waals surface area (Å²) < 4.78 is 1.64. The van der Waals surface area contributed by atoms with Crippen LogP contribution in [0.5, 0.6) is 0 Å². The van der Waals surface area contributed by atoms with E-state index in [-0.39, 0.29) is 11.7 Å². The van der Waals surface area contributed by atoms with E-state index in [9.17, 15) is 4.79 Å². The summed E-state index contributed by atoms with van der Waals surface area (Å²) in [5.74, 6) is 0. The van der Waals surface area contributed by atoms with E-state index in [1.807, 2.05) is 49.4 Å². The molecule has 0 aliphatic heterocycles. The number of hydrogen-bond donors (Lipinski definition) is 1. The van der Waals surface area contributed by atoms with Gasteiger partial charge in [-0.15, -0.1) is 0 Å². The molecule has 0 amide bonds. The fourth-order valence-corrected chi connectivity index (χ4v) is 2.79. The Kier molecular flexibility index (Phi) is 3.42. The number of aromatic nitrogens is 5. The first-order valence-electron chi connectivity index (χ1n) is 7.66. The highest BCUT2D eigenvalue weighted by molar-refractivity contribution is 5.70. The van der Waals surface area contributed by atoms with E-state index in [4.69, 9.17) is 0 Å². The molecule has 0 aliphatic rings. The van der Waals surface area contributed by atoms with E-state index in [0.29, 0.717) is 17.0 Å². The maximum atomic E-state index is 12.4. The van der Waals surface area contributed by atoms with Crippen LogP contribution in [-0.4, -0.2) is 24.5 Å². The average molecular weight is 317 g/mol. The van der Waals surface area contributed by atoms with Gasteiger partial charge in [-0.3, -0.25) is 14.5 Å². The molecule has 1 atom stereocenters. The second kappa shape index (κ2) is 5.73. The van der Waals surface area contributed by atoms with Gasteiger partial charge in [-0.05, 0) is 24.6 Å². The average Bonchev–Trinajstić information content (AvgIpc) is 2.97. The highest BCUT2D eigenvalue weighted by Gasteiger charge is 2.17.